The number of methoxy groups -OCH3 is 1. The number of nitrogens with one attached hydrogen (secondary N) is 2. The standard InChI is InChI=1S/C16H27N3OS/c1-13-7-8-15(20-5)14(11-13)12-19(4)16(21)17-9-6-10-18(2)3/h7-8,11H,6,9-10,12H2,1-5H3,(H,17,21)/p+1. The Labute approximate surface area is 134 Å². The SMILES string of the molecule is COc1ccc(C)cc1CN(C)C(=S)NCCC[NH+](C)C. The van der Waals surface area contributed by atoms with Crippen LogP contribution in [0.2, 0.25) is 0 Å². The molecule has 0 amide bonds. The van der Waals surface area contributed by atoms with Crippen LogP contribution >= 0.6 is 12.2 Å². The smallest absolute Gasteiger partial charge is 0.168 e. The molecule has 0 radical (unpaired) electrons. The van der Waals surface area contributed by atoms with Gasteiger partial charge in [0.1, 0.15) is 5.75 Å². The highest BCUT2D eigenvalue weighted by Crippen LogP contribution is 2.20. The van der Waals surface area contributed by atoms with Crippen molar-refractivity contribution in [2.45, 2.75) is 19.9 Å². The second kappa shape index (κ2) is 8.85. The number of aryl methyl sites for hydroxylation is 1. The molecule has 0 fully saturated rings. The van der Waals surface area contributed by atoms with E-state index in [0.29, 0.717) is 0 Å². The van der Waals surface area contributed by atoms with Crippen molar-refractivity contribution in [3.8, 4) is 5.75 Å². The van der Waals surface area contributed by atoms with E-state index in [-0.39, 0.29) is 0 Å². The molecule has 118 valence electrons. The summed E-state index contributed by atoms with van der Waals surface area (Å²) < 4.78 is 5.41. The van der Waals surface area contributed by atoms with Crippen molar-refractivity contribution in [3.05, 3.63) is 29.3 Å². The molecule has 1 aromatic rings. The Morgan fingerprint density at radius 3 is 2.71 bits per heavy atom. The van der Waals surface area contributed by atoms with Crippen LogP contribution in [0.5, 0.6) is 5.75 Å². The molecule has 5 heteroatoms. The quantitative estimate of drug-likeness (QED) is 0.577. The molecule has 2 N–H and O–H groups in total. The number of hydrogen-bond donors (Lipinski definition) is 2. The van der Waals surface area contributed by atoms with Gasteiger partial charge in [0.2, 0.25) is 0 Å². The predicted molar refractivity (Wildman–Crippen MR) is 92.1 cm³/mol. The van der Waals surface area contributed by atoms with Gasteiger partial charge < -0.3 is 19.9 Å². The normalized spacial score (nSPS) is 10.6. The molecule has 0 unspecified atom stereocenters. The molecule has 4 nitrogen and oxygen atoms in total. The minimum atomic E-state index is 0.746. The minimum absolute atomic E-state index is 0.746. The molecule has 0 bridgehead atoms. The largest absolute Gasteiger partial charge is 0.496 e. The van der Waals surface area contributed by atoms with E-state index in [1.165, 1.54) is 10.5 Å². The van der Waals surface area contributed by atoms with E-state index in [1.807, 2.05) is 13.1 Å². The van der Waals surface area contributed by atoms with Crippen LogP contribution in [0.15, 0.2) is 18.2 Å². The second-order valence-corrected chi connectivity index (χ2v) is 6.10. The van der Waals surface area contributed by atoms with Crippen LogP contribution in [0, 0.1) is 6.92 Å². The number of rotatable bonds is 7. The van der Waals surface area contributed by atoms with Crippen molar-refractivity contribution in [2.24, 2.45) is 0 Å². The summed E-state index contributed by atoms with van der Waals surface area (Å²) in [5, 5.41) is 4.10. The number of thiocarbonyl (C=S) groups is 1. The fourth-order valence-corrected chi connectivity index (χ4v) is 2.30. The lowest BCUT2D eigenvalue weighted by molar-refractivity contribution is -0.858. The monoisotopic (exact) mass is 310 g/mol. The molecule has 0 aromatic heterocycles. The van der Waals surface area contributed by atoms with Crippen molar-refractivity contribution in [1.82, 2.24) is 10.2 Å². The number of hydrogen-bond acceptors (Lipinski definition) is 2. The fraction of sp³-hybridized carbons (Fsp3) is 0.562. The number of benzene rings is 1. The van der Waals surface area contributed by atoms with Crippen LogP contribution in [0.1, 0.15) is 17.5 Å². The van der Waals surface area contributed by atoms with Gasteiger partial charge in [-0.15, -0.1) is 0 Å². The summed E-state index contributed by atoms with van der Waals surface area (Å²) in [5.74, 6) is 0.909. The molecule has 1 aromatic carbocycles. The average molecular weight is 310 g/mol. The molecule has 1 rings (SSSR count). The first-order valence-corrected chi connectivity index (χ1v) is 7.76. The van der Waals surface area contributed by atoms with Crippen LogP contribution in [0.25, 0.3) is 0 Å². The lowest BCUT2D eigenvalue weighted by atomic mass is 10.1. The summed E-state index contributed by atoms with van der Waals surface area (Å²) >= 11 is 5.43. The third kappa shape index (κ3) is 6.31. The third-order valence-corrected chi connectivity index (χ3v) is 3.78. The van der Waals surface area contributed by atoms with Crippen molar-refractivity contribution in [1.29, 1.82) is 0 Å². The molecule has 0 saturated heterocycles. The molecular weight excluding hydrogens is 282 g/mol. The Hall–Kier alpha value is -1.33. The molecule has 0 saturated carbocycles. The maximum absolute atomic E-state index is 5.43. The first-order chi connectivity index (χ1) is 9.93. The molecule has 21 heavy (non-hydrogen) atoms. The van der Waals surface area contributed by atoms with Gasteiger partial charge in [-0.1, -0.05) is 17.7 Å². The predicted octanol–water partition coefficient (Wildman–Crippen LogP) is 0.845. The van der Waals surface area contributed by atoms with E-state index >= 15 is 0 Å². The van der Waals surface area contributed by atoms with E-state index in [4.69, 9.17) is 17.0 Å². The van der Waals surface area contributed by atoms with Gasteiger partial charge in [0.15, 0.2) is 5.11 Å². The Morgan fingerprint density at radius 1 is 1.38 bits per heavy atom. The first kappa shape index (κ1) is 17.7. The van der Waals surface area contributed by atoms with Crippen molar-refractivity contribution < 1.29 is 9.64 Å². The van der Waals surface area contributed by atoms with Gasteiger partial charge in [0, 0.05) is 32.1 Å². The third-order valence-electron chi connectivity index (χ3n) is 3.32. The van der Waals surface area contributed by atoms with Gasteiger partial charge in [-0.3, -0.25) is 0 Å². The lowest BCUT2D eigenvalue weighted by Crippen LogP contribution is -3.05. The van der Waals surface area contributed by atoms with Crippen molar-refractivity contribution >= 4 is 17.3 Å². The Morgan fingerprint density at radius 2 is 2.10 bits per heavy atom. The lowest BCUT2D eigenvalue weighted by Gasteiger charge is -2.22. The highest BCUT2D eigenvalue weighted by atomic mass is 32.1. The molecule has 0 aliphatic carbocycles. The molecular formula is C16H28N3OS+. The van der Waals surface area contributed by atoms with Crippen LogP contribution in [0.4, 0.5) is 0 Å². The Bertz CT molecular complexity index is 463. The summed E-state index contributed by atoms with van der Waals surface area (Å²) in [6.45, 7) is 4.89. The summed E-state index contributed by atoms with van der Waals surface area (Å²) in [6, 6.07) is 6.21. The zero-order valence-electron chi connectivity index (χ0n) is 13.8. The summed E-state index contributed by atoms with van der Waals surface area (Å²) in [6.07, 6.45) is 1.12. The second-order valence-electron chi connectivity index (χ2n) is 5.71. The maximum atomic E-state index is 5.43. The van der Waals surface area contributed by atoms with Crippen LogP contribution in [0.3, 0.4) is 0 Å². The summed E-state index contributed by atoms with van der Waals surface area (Å²) in [5.41, 5.74) is 2.38. The number of quaternary nitrogens is 1. The van der Waals surface area contributed by atoms with Crippen LogP contribution in [-0.4, -0.2) is 51.4 Å². The highest BCUT2D eigenvalue weighted by Gasteiger charge is 2.09. The molecule has 0 aliphatic rings. The highest BCUT2D eigenvalue weighted by molar-refractivity contribution is 7.80. The Kier molecular flexibility index (Phi) is 7.47. The maximum Gasteiger partial charge on any atom is 0.168 e. The minimum Gasteiger partial charge on any atom is -0.496 e. The molecule has 0 aliphatic heterocycles. The molecule has 0 spiro atoms. The van der Waals surface area contributed by atoms with E-state index < -0.39 is 0 Å². The van der Waals surface area contributed by atoms with Crippen molar-refractivity contribution in [2.75, 3.05) is 41.3 Å². The molecule has 0 heterocycles. The fourth-order valence-electron chi connectivity index (χ4n) is 2.13. The van der Waals surface area contributed by atoms with E-state index in [1.54, 1.807) is 7.11 Å². The average Bonchev–Trinajstić information content (AvgIpc) is 2.43. The summed E-state index contributed by atoms with van der Waals surface area (Å²) in [7, 11) is 8.03. The van der Waals surface area contributed by atoms with E-state index in [2.05, 4.69) is 43.4 Å². The Balaban J connectivity index is 2.50. The molecule has 0 atom stereocenters. The van der Waals surface area contributed by atoms with Crippen LogP contribution in [-0.2, 0) is 6.54 Å². The van der Waals surface area contributed by atoms with E-state index in [9.17, 15) is 0 Å². The van der Waals surface area contributed by atoms with Gasteiger partial charge in [-0.2, -0.15) is 0 Å². The number of ether oxygens (including phenoxy) is 1. The van der Waals surface area contributed by atoms with Gasteiger partial charge in [-0.25, -0.2) is 0 Å². The first-order valence-electron chi connectivity index (χ1n) is 7.35. The van der Waals surface area contributed by atoms with Gasteiger partial charge in [0.25, 0.3) is 0 Å². The van der Waals surface area contributed by atoms with Gasteiger partial charge >= 0.3 is 0 Å². The zero-order valence-corrected chi connectivity index (χ0v) is 14.6. The van der Waals surface area contributed by atoms with Crippen LogP contribution < -0.4 is 15.0 Å². The van der Waals surface area contributed by atoms with Gasteiger partial charge in [0.05, 0.1) is 27.7 Å². The van der Waals surface area contributed by atoms with Gasteiger partial charge in [-0.05, 0) is 25.2 Å². The summed E-state index contributed by atoms with van der Waals surface area (Å²) in [4.78, 5) is 3.51. The van der Waals surface area contributed by atoms with E-state index in [0.717, 1.165) is 42.5 Å². The number of nitrogens with zero attached hydrogens (tertiary/aromatic N) is 1. The zero-order chi connectivity index (χ0) is 15.8. The van der Waals surface area contributed by atoms with Crippen molar-refractivity contribution in [3.63, 3.8) is 0 Å². The topological polar surface area (TPSA) is 28.9 Å².